The van der Waals surface area contributed by atoms with Gasteiger partial charge in [0.15, 0.2) is 0 Å². The molecule has 0 fully saturated rings. The van der Waals surface area contributed by atoms with Crippen molar-refractivity contribution in [3.8, 4) is 0 Å². The van der Waals surface area contributed by atoms with Crippen molar-refractivity contribution in [2.75, 3.05) is 18.4 Å². The molecule has 0 atom stereocenters. The van der Waals surface area contributed by atoms with E-state index in [1.54, 1.807) is 13.0 Å². The monoisotopic (exact) mass is 360 g/mol. The van der Waals surface area contributed by atoms with Crippen LogP contribution in [0.4, 0.5) is 5.82 Å². The van der Waals surface area contributed by atoms with Crippen molar-refractivity contribution in [3.63, 3.8) is 0 Å². The average Bonchev–Trinajstić information content (AvgIpc) is 2.55. The zero-order valence-electron chi connectivity index (χ0n) is 15.0. The van der Waals surface area contributed by atoms with E-state index in [-0.39, 0.29) is 5.91 Å². The fraction of sp³-hybridized carbons (Fsp3) is 0.421. The molecule has 0 spiro atoms. The number of hydrogen-bond donors (Lipinski definition) is 2. The SMILES string of the molecule is Cc1nc(NCCC(C)C)cc(C(=O)NCCc2ccc(Cl)cc2)n1. The number of aromatic nitrogens is 2. The highest BCUT2D eigenvalue weighted by Crippen LogP contribution is 2.10. The van der Waals surface area contributed by atoms with Crippen LogP contribution in [0.5, 0.6) is 0 Å². The molecule has 134 valence electrons. The summed E-state index contributed by atoms with van der Waals surface area (Å²) in [4.78, 5) is 20.9. The number of aryl methyl sites for hydroxylation is 1. The second-order valence-corrected chi connectivity index (χ2v) is 6.86. The van der Waals surface area contributed by atoms with E-state index in [9.17, 15) is 4.79 Å². The van der Waals surface area contributed by atoms with Gasteiger partial charge < -0.3 is 10.6 Å². The zero-order chi connectivity index (χ0) is 18.2. The molecule has 0 radical (unpaired) electrons. The number of carbonyl (C=O) groups excluding carboxylic acids is 1. The molecular weight excluding hydrogens is 336 g/mol. The van der Waals surface area contributed by atoms with Gasteiger partial charge in [0.1, 0.15) is 17.3 Å². The molecule has 25 heavy (non-hydrogen) atoms. The van der Waals surface area contributed by atoms with Gasteiger partial charge in [0.2, 0.25) is 0 Å². The van der Waals surface area contributed by atoms with E-state index >= 15 is 0 Å². The Morgan fingerprint density at radius 2 is 1.88 bits per heavy atom. The van der Waals surface area contributed by atoms with Gasteiger partial charge in [-0.3, -0.25) is 4.79 Å². The number of nitrogens with zero attached hydrogens (tertiary/aromatic N) is 2. The number of benzene rings is 1. The van der Waals surface area contributed by atoms with Crippen LogP contribution in [0.1, 0.15) is 42.1 Å². The third-order valence-electron chi connectivity index (χ3n) is 3.71. The van der Waals surface area contributed by atoms with Gasteiger partial charge in [0.25, 0.3) is 5.91 Å². The van der Waals surface area contributed by atoms with E-state index in [4.69, 9.17) is 11.6 Å². The minimum Gasteiger partial charge on any atom is -0.370 e. The fourth-order valence-corrected chi connectivity index (χ4v) is 2.45. The highest BCUT2D eigenvalue weighted by Gasteiger charge is 2.10. The van der Waals surface area contributed by atoms with Gasteiger partial charge >= 0.3 is 0 Å². The van der Waals surface area contributed by atoms with E-state index < -0.39 is 0 Å². The van der Waals surface area contributed by atoms with Gasteiger partial charge in [-0.1, -0.05) is 37.6 Å². The minimum absolute atomic E-state index is 0.189. The molecule has 0 saturated heterocycles. The lowest BCUT2D eigenvalue weighted by molar-refractivity contribution is 0.0949. The van der Waals surface area contributed by atoms with E-state index in [0.29, 0.717) is 34.8 Å². The van der Waals surface area contributed by atoms with Gasteiger partial charge in [0.05, 0.1) is 0 Å². The molecule has 1 heterocycles. The predicted octanol–water partition coefficient (Wildman–Crippen LogP) is 3.87. The third-order valence-corrected chi connectivity index (χ3v) is 3.96. The Bertz CT molecular complexity index is 701. The van der Waals surface area contributed by atoms with E-state index in [1.807, 2.05) is 24.3 Å². The summed E-state index contributed by atoms with van der Waals surface area (Å²) in [7, 11) is 0. The van der Waals surface area contributed by atoms with Gasteiger partial charge in [-0.05, 0) is 43.4 Å². The summed E-state index contributed by atoms with van der Waals surface area (Å²) in [6, 6.07) is 9.31. The molecule has 2 N–H and O–H groups in total. The molecule has 1 aromatic carbocycles. The lowest BCUT2D eigenvalue weighted by Gasteiger charge is -2.10. The first kappa shape index (κ1) is 19.2. The quantitative estimate of drug-likeness (QED) is 0.749. The normalized spacial score (nSPS) is 10.8. The first-order valence-electron chi connectivity index (χ1n) is 8.56. The van der Waals surface area contributed by atoms with E-state index in [1.165, 1.54) is 0 Å². The zero-order valence-corrected chi connectivity index (χ0v) is 15.7. The van der Waals surface area contributed by atoms with Crippen LogP contribution < -0.4 is 10.6 Å². The maximum Gasteiger partial charge on any atom is 0.270 e. The molecule has 2 rings (SSSR count). The summed E-state index contributed by atoms with van der Waals surface area (Å²) in [5.74, 6) is 1.70. The second-order valence-electron chi connectivity index (χ2n) is 6.43. The van der Waals surface area contributed by atoms with Crippen molar-refractivity contribution in [3.05, 3.63) is 52.4 Å². The summed E-state index contributed by atoms with van der Waals surface area (Å²) >= 11 is 5.87. The molecule has 2 aromatic rings. The van der Waals surface area contributed by atoms with Crippen LogP contribution in [0.25, 0.3) is 0 Å². The van der Waals surface area contributed by atoms with Crippen LogP contribution in [0.15, 0.2) is 30.3 Å². The van der Waals surface area contributed by atoms with E-state index in [2.05, 4.69) is 34.4 Å². The molecule has 0 bridgehead atoms. The first-order valence-corrected chi connectivity index (χ1v) is 8.94. The van der Waals surface area contributed by atoms with Crippen LogP contribution in [-0.2, 0) is 6.42 Å². The van der Waals surface area contributed by atoms with Crippen molar-refractivity contribution in [2.24, 2.45) is 5.92 Å². The standard InChI is InChI=1S/C19H25ClN4O/c1-13(2)8-10-21-18-12-17(23-14(3)24-18)19(25)22-11-9-15-4-6-16(20)7-5-15/h4-7,12-13H,8-11H2,1-3H3,(H,22,25)(H,21,23,24). The number of nitrogens with one attached hydrogen (secondary N) is 2. The number of amides is 1. The Hall–Kier alpha value is -2.14. The van der Waals surface area contributed by atoms with Crippen molar-refractivity contribution in [2.45, 2.75) is 33.6 Å². The second kappa shape index (κ2) is 9.37. The lowest BCUT2D eigenvalue weighted by atomic mass is 10.1. The average molecular weight is 361 g/mol. The molecule has 6 heteroatoms. The third kappa shape index (κ3) is 6.70. The summed E-state index contributed by atoms with van der Waals surface area (Å²) < 4.78 is 0. The highest BCUT2D eigenvalue weighted by atomic mass is 35.5. The predicted molar refractivity (Wildman–Crippen MR) is 102 cm³/mol. The van der Waals surface area contributed by atoms with Crippen molar-refractivity contribution in [1.82, 2.24) is 15.3 Å². The first-order chi connectivity index (χ1) is 11.9. The number of hydrogen-bond acceptors (Lipinski definition) is 4. The van der Waals surface area contributed by atoms with Crippen LogP contribution in [0.3, 0.4) is 0 Å². The molecule has 0 aliphatic rings. The van der Waals surface area contributed by atoms with Crippen LogP contribution in [-0.4, -0.2) is 29.0 Å². The summed E-state index contributed by atoms with van der Waals surface area (Å²) in [5.41, 5.74) is 1.51. The molecule has 0 aliphatic heterocycles. The van der Waals surface area contributed by atoms with Crippen molar-refractivity contribution >= 4 is 23.3 Å². The highest BCUT2D eigenvalue weighted by molar-refractivity contribution is 6.30. The maximum atomic E-state index is 12.3. The number of anilines is 1. The maximum absolute atomic E-state index is 12.3. The number of carbonyl (C=O) groups is 1. The molecule has 5 nitrogen and oxygen atoms in total. The van der Waals surface area contributed by atoms with E-state index in [0.717, 1.165) is 24.9 Å². The van der Waals surface area contributed by atoms with Crippen LogP contribution in [0.2, 0.25) is 5.02 Å². The Balaban J connectivity index is 1.89. The molecule has 0 aliphatic carbocycles. The minimum atomic E-state index is -0.189. The number of rotatable bonds is 8. The Kier molecular flexibility index (Phi) is 7.19. The smallest absolute Gasteiger partial charge is 0.270 e. The summed E-state index contributed by atoms with van der Waals surface area (Å²) in [6.07, 6.45) is 1.79. The van der Waals surface area contributed by atoms with Gasteiger partial charge in [-0.15, -0.1) is 0 Å². The van der Waals surface area contributed by atoms with Crippen molar-refractivity contribution < 1.29 is 4.79 Å². The van der Waals surface area contributed by atoms with Crippen LogP contribution >= 0.6 is 11.6 Å². The molecule has 0 unspecified atom stereocenters. The van der Waals surface area contributed by atoms with Crippen LogP contribution in [0, 0.1) is 12.8 Å². The van der Waals surface area contributed by atoms with Gasteiger partial charge in [-0.2, -0.15) is 0 Å². The Labute approximate surface area is 154 Å². The Morgan fingerprint density at radius 3 is 2.56 bits per heavy atom. The lowest BCUT2D eigenvalue weighted by Crippen LogP contribution is -2.27. The fourth-order valence-electron chi connectivity index (χ4n) is 2.33. The van der Waals surface area contributed by atoms with Crippen molar-refractivity contribution in [1.29, 1.82) is 0 Å². The summed E-state index contributed by atoms with van der Waals surface area (Å²) in [6.45, 7) is 7.50. The molecule has 1 aromatic heterocycles. The number of halogens is 1. The Morgan fingerprint density at radius 1 is 1.16 bits per heavy atom. The van der Waals surface area contributed by atoms with Gasteiger partial charge in [-0.25, -0.2) is 9.97 Å². The largest absolute Gasteiger partial charge is 0.370 e. The van der Waals surface area contributed by atoms with Gasteiger partial charge in [0, 0.05) is 24.2 Å². The summed E-state index contributed by atoms with van der Waals surface area (Å²) in [5, 5.41) is 6.87. The molecular formula is C19H25ClN4O. The topological polar surface area (TPSA) is 66.9 Å². The molecule has 1 amide bonds. The molecule has 0 saturated carbocycles.